The number of benzene rings is 1. The number of carbonyl (C=O) groups excluding carboxylic acids is 2. The molecular weight excluding hydrogens is 285 g/mol. The quantitative estimate of drug-likeness (QED) is 0.943. The summed E-state index contributed by atoms with van der Waals surface area (Å²) < 4.78 is 15.7. The Morgan fingerprint density at radius 3 is 2.68 bits per heavy atom. The second-order valence-corrected chi connectivity index (χ2v) is 5.42. The zero-order valence-corrected chi connectivity index (χ0v) is 12.1. The Hall–Kier alpha value is -2.63. The van der Waals surface area contributed by atoms with Gasteiger partial charge in [-0.1, -0.05) is 0 Å². The first kappa shape index (κ1) is 14.3. The third-order valence-electron chi connectivity index (χ3n) is 3.82. The summed E-state index contributed by atoms with van der Waals surface area (Å²) in [6.45, 7) is 0.365. The van der Waals surface area contributed by atoms with E-state index in [-0.39, 0.29) is 23.9 Å². The molecule has 0 radical (unpaired) electrons. The van der Waals surface area contributed by atoms with E-state index in [1.54, 1.807) is 19.2 Å². The van der Waals surface area contributed by atoms with Gasteiger partial charge in [0.1, 0.15) is 5.82 Å². The molecule has 6 heteroatoms. The van der Waals surface area contributed by atoms with Gasteiger partial charge in [-0.2, -0.15) is 0 Å². The second-order valence-electron chi connectivity index (χ2n) is 5.42. The van der Waals surface area contributed by atoms with Crippen molar-refractivity contribution in [2.75, 3.05) is 18.9 Å². The zero-order chi connectivity index (χ0) is 15.7. The van der Waals surface area contributed by atoms with E-state index in [4.69, 9.17) is 0 Å². The minimum atomic E-state index is -0.498. The van der Waals surface area contributed by atoms with E-state index in [1.165, 1.54) is 11.0 Å². The molecule has 0 saturated carbocycles. The van der Waals surface area contributed by atoms with Gasteiger partial charge in [0.05, 0.1) is 11.6 Å². The lowest BCUT2D eigenvalue weighted by Crippen LogP contribution is -2.26. The molecule has 3 rings (SSSR count). The van der Waals surface area contributed by atoms with Crippen molar-refractivity contribution in [3.63, 3.8) is 0 Å². The van der Waals surface area contributed by atoms with Gasteiger partial charge in [-0.05, 0) is 30.3 Å². The Kier molecular flexibility index (Phi) is 3.66. The predicted molar refractivity (Wildman–Crippen MR) is 80.1 cm³/mol. The molecule has 5 nitrogen and oxygen atoms in total. The van der Waals surface area contributed by atoms with Crippen LogP contribution in [0.2, 0.25) is 0 Å². The van der Waals surface area contributed by atoms with E-state index in [0.717, 1.165) is 5.69 Å². The van der Waals surface area contributed by atoms with Crippen molar-refractivity contribution < 1.29 is 14.0 Å². The highest BCUT2D eigenvalue weighted by atomic mass is 19.1. The van der Waals surface area contributed by atoms with Crippen LogP contribution in [0.5, 0.6) is 0 Å². The molecule has 114 valence electrons. The smallest absolute Gasteiger partial charge is 0.229 e. The summed E-state index contributed by atoms with van der Waals surface area (Å²) in [6.07, 6.45) is 3.84. The van der Waals surface area contributed by atoms with E-state index in [2.05, 4.69) is 5.32 Å². The minimum absolute atomic E-state index is 0.0679. The van der Waals surface area contributed by atoms with Crippen LogP contribution in [0.1, 0.15) is 6.42 Å². The van der Waals surface area contributed by atoms with Crippen LogP contribution < -0.4 is 5.32 Å². The van der Waals surface area contributed by atoms with E-state index in [1.807, 2.05) is 29.1 Å². The monoisotopic (exact) mass is 301 g/mol. The molecule has 1 aliphatic heterocycles. The summed E-state index contributed by atoms with van der Waals surface area (Å²) in [7, 11) is 1.66. The largest absolute Gasteiger partial charge is 0.345 e. The predicted octanol–water partition coefficient (Wildman–Crippen LogP) is 2.03. The van der Waals surface area contributed by atoms with Crippen molar-refractivity contribution in [3.8, 4) is 5.69 Å². The summed E-state index contributed by atoms with van der Waals surface area (Å²) in [4.78, 5) is 25.2. The summed E-state index contributed by atoms with van der Waals surface area (Å²) >= 11 is 0. The van der Waals surface area contributed by atoms with Gasteiger partial charge >= 0.3 is 0 Å². The number of rotatable bonds is 3. The van der Waals surface area contributed by atoms with Crippen LogP contribution in [0.4, 0.5) is 10.1 Å². The zero-order valence-electron chi connectivity index (χ0n) is 12.1. The molecule has 1 aromatic heterocycles. The van der Waals surface area contributed by atoms with Crippen molar-refractivity contribution in [2.24, 2.45) is 5.92 Å². The third kappa shape index (κ3) is 2.72. The Labute approximate surface area is 127 Å². The third-order valence-corrected chi connectivity index (χ3v) is 3.82. The van der Waals surface area contributed by atoms with Crippen LogP contribution in [-0.2, 0) is 9.59 Å². The Balaban J connectivity index is 1.79. The lowest BCUT2D eigenvalue weighted by atomic mass is 10.1. The molecule has 2 heterocycles. The second kappa shape index (κ2) is 5.63. The number of aromatic nitrogens is 1. The maximum Gasteiger partial charge on any atom is 0.229 e. The van der Waals surface area contributed by atoms with Gasteiger partial charge in [-0.3, -0.25) is 9.59 Å². The molecule has 22 heavy (non-hydrogen) atoms. The fourth-order valence-corrected chi connectivity index (χ4v) is 2.55. The van der Waals surface area contributed by atoms with Crippen LogP contribution in [0.25, 0.3) is 5.69 Å². The molecule has 1 aliphatic rings. The first-order valence-corrected chi connectivity index (χ1v) is 7.02. The number of likely N-dealkylation sites (tertiary alicyclic amines) is 1. The number of hydrogen-bond acceptors (Lipinski definition) is 2. The molecule has 1 aromatic carbocycles. The molecule has 2 amide bonds. The van der Waals surface area contributed by atoms with Crippen molar-refractivity contribution in [1.29, 1.82) is 0 Å². The molecule has 2 aromatic rings. The van der Waals surface area contributed by atoms with Gasteiger partial charge in [0.2, 0.25) is 11.8 Å². The van der Waals surface area contributed by atoms with Crippen molar-refractivity contribution in [2.45, 2.75) is 6.42 Å². The lowest BCUT2D eigenvalue weighted by molar-refractivity contribution is -0.127. The fourth-order valence-electron chi connectivity index (χ4n) is 2.55. The van der Waals surface area contributed by atoms with E-state index < -0.39 is 11.7 Å². The highest BCUT2D eigenvalue weighted by molar-refractivity contribution is 5.97. The minimum Gasteiger partial charge on any atom is -0.345 e. The maximum absolute atomic E-state index is 13.9. The van der Waals surface area contributed by atoms with E-state index >= 15 is 0 Å². The van der Waals surface area contributed by atoms with E-state index in [0.29, 0.717) is 6.54 Å². The van der Waals surface area contributed by atoms with Crippen molar-refractivity contribution in [3.05, 3.63) is 48.5 Å². The van der Waals surface area contributed by atoms with Gasteiger partial charge in [-0.25, -0.2) is 4.39 Å². The Morgan fingerprint density at radius 1 is 1.32 bits per heavy atom. The Bertz CT molecular complexity index is 712. The number of amides is 2. The summed E-state index contributed by atoms with van der Waals surface area (Å²) in [6, 6.07) is 8.26. The van der Waals surface area contributed by atoms with Crippen molar-refractivity contribution in [1.82, 2.24) is 9.47 Å². The summed E-state index contributed by atoms with van der Waals surface area (Å²) in [5.74, 6) is -1.34. The summed E-state index contributed by atoms with van der Waals surface area (Å²) in [5.41, 5.74) is 0.875. The average molecular weight is 301 g/mol. The van der Waals surface area contributed by atoms with Gasteiger partial charge < -0.3 is 14.8 Å². The van der Waals surface area contributed by atoms with Crippen LogP contribution in [-0.4, -0.2) is 34.9 Å². The van der Waals surface area contributed by atoms with E-state index in [9.17, 15) is 14.0 Å². The topological polar surface area (TPSA) is 54.3 Å². The number of hydrogen-bond donors (Lipinski definition) is 1. The molecule has 0 spiro atoms. The Morgan fingerprint density at radius 2 is 2.05 bits per heavy atom. The summed E-state index contributed by atoms with van der Waals surface area (Å²) in [5, 5.41) is 2.59. The molecular formula is C16H16FN3O2. The van der Waals surface area contributed by atoms with Crippen LogP contribution in [0, 0.1) is 11.7 Å². The molecule has 0 aliphatic carbocycles. The van der Waals surface area contributed by atoms with Gasteiger partial charge in [0.25, 0.3) is 0 Å². The molecule has 1 atom stereocenters. The molecule has 1 unspecified atom stereocenters. The number of nitrogens with one attached hydrogen (secondary N) is 1. The van der Waals surface area contributed by atoms with Gasteiger partial charge in [-0.15, -0.1) is 0 Å². The number of nitrogens with zero attached hydrogens (tertiary/aromatic N) is 2. The average Bonchev–Trinajstić information content (AvgIpc) is 3.12. The maximum atomic E-state index is 13.9. The number of anilines is 1. The first-order valence-electron chi connectivity index (χ1n) is 7.02. The highest BCUT2D eigenvalue weighted by Crippen LogP contribution is 2.22. The fraction of sp³-hybridized carbons (Fsp3) is 0.250. The van der Waals surface area contributed by atoms with Gasteiger partial charge in [0, 0.05) is 38.1 Å². The van der Waals surface area contributed by atoms with Crippen molar-refractivity contribution >= 4 is 17.5 Å². The highest BCUT2D eigenvalue weighted by Gasteiger charge is 2.32. The molecule has 1 N–H and O–H groups in total. The number of carbonyl (C=O) groups is 2. The normalized spacial score (nSPS) is 17.8. The number of halogens is 1. The standard InChI is InChI=1S/C16H16FN3O2/c1-19-10-11(8-15(19)21)16(22)18-14-9-12(4-5-13(14)17)20-6-2-3-7-20/h2-7,9,11H,8,10H2,1H3,(H,18,22). The van der Waals surface area contributed by atoms with Crippen LogP contribution in [0.15, 0.2) is 42.7 Å². The first-order chi connectivity index (χ1) is 10.5. The van der Waals surface area contributed by atoms with Crippen LogP contribution in [0.3, 0.4) is 0 Å². The SMILES string of the molecule is CN1CC(C(=O)Nc2cc(-n3cccc3)ccc2F)CC1=O. The molecule has 0 bridgehead atoms. The van der Waals surface area contributed by atoms with Gasteiger partial charge in [0.15, 0.2) is 0 Å². The lowest BCUT2D eigenvalue weighted by Gasteiger charge is -2.13. The van der Waals surface area contributed by atoms with Crippen LogP contribution >= 0.6 is 0 Å². The molecule has 1 fully saturated rings. The molecule has 1 saturated heterocycles.